The zero-order chi connectivity index (χ0) is 22.8. The van der Waals surface area contributed by atoms with E-state index in [1.807, 2.05) is 50.4 Å². The van der Waals surface area contributed by atoms with Crippen molar-refractivity contribution in [3.8, 4) is 5.75 Å². The van der Waals surface area contributed by atoms with Crippen LogP contribution in [0.4, 0.5) is 15.8 Å². The predicted octanol–water partition coefficient (Wildman–Crippen LogP) is 6.36. The molecule has 31 heavy (non-hydrogen) atoms. The van der Waals surface area contributed by atoms with E-state index in [0.29, 0.717) is 28.3 Å². The van der Waals surface area contributed by atoms with Crippen LogP contribution in [0.15, 0.2) is 64.3 Å². The highest BCUT2D eigenvalue weighted by Gasteiger charge is 2.39. The second kappa shape index (κ2) is 9.12. The van der Waals surface area contributed by atoms with Crippen molar-refractivity contribution in [1.29, 1.82) is 0 Å². The van der Waals surface area contributed by atoms with Crippen molar-refractivity contribution in [3.63, 3.8) is 0 Å². The van der Waals surface area contributed by atoms with Gasteiger partial charge in [0.1, 0.15) is 12.0 Å². The van der Waals surface area contributed by atoms with Gasteiger partial charge in [-0.3, -0.25) is 9.11 Å². The second-order valence-electron chi connectivity index (χ2n) is 7.76. The molecule has 0 saturated heterocycles. The molecule has 0 amide bonds. The summed E-state index contributed by atoms with van der Waals surface area (Å²) in [6.45, 7) is 4.63. The highest BCUT2D eigenvalue weighted by molar-refractivity contribution is 8.24. The Bertz CT molecular complexity index is 999. The van der Waals surface area contributed by atoms with Gasteiger partial charge in [-0.25, -0.2) is 4.79 Å². The van der Waals surface area contributed by atoms with Gasteiger partial charge in [-0.2, -0.15) is 15.0 Å². The maximum atomic E-state index is 13.5. The molecule has 1 aliphatic heterocycles. The summed E-state index contributed by atoms with van der Waals surface area (Å²) in [5.41, 5.74) is 1.18. The molecule has 0 aromatic heterocycles. The maximum Gasteiger partial charge on any atom is 0.368 e. The molecule has 0 saturated carbocycles. The van der Waals surface area contributed by atoms with Gasteiger partial charge in [-0.1, -0.05) is 32.0 Å². The molecule has 9 heteroatoms. The van der Waals surface area contributed by atoms with E-state index in [9.17, 15) is 18.3 Å². The van der Waals surface area contributed by atoms with Crippen LogP contribution in [0.3, 0.4) is 0 Å². The number of fused-ring (bicyclic) bond motifs is 1. The number of benzene rings is 2. The first-order valence-electron chi connectivity index (χ1n) is 9.66. The summed E-state index contributed by atoms with van der Waals surface area (Å²) in [6.07, 6.45) is 3.06. The van der Waals surface area contributed by atoms with Crippen LogP contribution in [0.25, 0.3) is 0 Å². The van der Waals surface area contributed by atoms with E-state index in [1.165, 1.54) is 17.8 Å². The first-order chi connectivity index (χ1) is 14.6. The quantitative estimate of drug-likeness (QED) is 0.259. The number of hydrogen-bond acceptors (Lipinski definition) is 6. The van der Waals surface area contributed by atoms with Crippen molar-refractivity contribution in [1.82, 2.24) is 0 Å². The molecule has 2 aromatic carbocycles. The van der Waals surface area contributed by atoms with Crippen LogP contribution < -0.4 is 9.64 Å². The Morgan fingerprint density at radius 3 is 2.58 bits per heavy atom. The smallest absolute Gasteiger partial charge is 0.368 e. The number of carboxylic acids is 1. The summed E-state index contributed by atoms with van der Waals surface area (Å²) in [5, 5.41) is 8.73. The van der Waals surface area contributed by atoms with Crippen molar-refractivity contribution >= 4 is 39.7 Å². The van der Waals surface area contributed by atoms with Gasteiger partial charge >= 0.3 is 5.97 Å². The highest BCUT2D eigenvalue weighted by Crippen LogP contribution is 2.61. The molecule has 1 unspecified atom stereocenters. The van der Waals surface area contributed by atoms with Crippen molar-refractivity contribution in [3.05, 3.63) is 54.6 Å². The van der Waals surface area contributed by atoms with Crippen LogP contribution >= 0.6 is 22.4 Å². The first kappa shape index (κ1) is 23.5. The van der Waals surface area contributed by atoms with Crippen molar-refractivity contribution in [2.45, 2.75) is 30.1 Å². The summed E-state index contributed by atoms with van der Waals surface area (Å²) in [6, 6.07) is 13.0. The number of para-hydroxylation sites is 1. The molecule has 0 fully saturated rings. The molecule has 6 nitrogen and oxygen atoms in total. The number of nitrogens with zero attached hydrogens (tertiary/aromatic N) is 1. The van der Waals surface area contributed by atoms with E-state index in [-0.39, 0.29) is 16.9 Å². The molecular formula is C22H26FNO5S2. The van der Waals surface area contributed by atoms with Crippen LogP contribution in [-0.4, -0.2) is 38.7 Å². The Balaban J connectivity index is 2.21. The summed E-state index contributed by atoms with van der Waals surface area (Å²) < 4.78 is 41.1. The average molecular weight is 468 g/mol. The first-order valence-corrected chi connectivity index (χ1v) is 12.6. The minimum absolute atomic E-state index is 0.163. The minimum Gasteiger partial charge on any atom is -0.476 e. The third-order valence-electron chi connectivity index (χ3n) is 5.39. The molecule has 3 N–H and O–H groups in total. The fourth-order valence-electron chi connectivity index (χ4n) is 3.55. The predicted molar refractivity (Wildman–Crippen MR) is 124 cm³/mol. The van der Waals surface area contributed by atoms with Gasteiger partial charge in [0.2, 0.25) is 5.83 Å². The van der Waals surface area contributed by atoms with Crippen LogP contribution in [0.1, 0.15) is 20.3 Å². The molecule has 1 aliphatic rings. The number of carboxylic acid groups (broad SMARTS) is 1. The van der Waals surface area contributed by atoms with Gasteiger partial charge in [0, 0.05) is 29.5 Å². The number of ether oxygens (including phenoxy) is 1. The molecule has 1 atom stereocenters. The molecule has 0 radical (unpaired) electrons. The zero-order valence-electron chi connectivity index (χ0n) is 17.5. The van der Waals surface area contributed by atoms with Crippen LogP contribution in [0.2, 0.25) is 0 Å². The van der Waals surface area contributed by atoms with Gasteiger partial charge < -0.3 is 14.7 Å². The SMILES string of the molecule is CCC1(C)CN(c2ccccc2)c2cc(SC)c(O/C=C(\F)C(=O)O)cc2S(O)(O)C1. The summed E-state index contributed by atoms with van der Waals surface area (Å²) in [7, 11) is -3.20. The normalized spacial score (nSPS) is 21.7. The van der Waals surface area contributed by atoms with Gasteiger partial charge in [-0.05, 0) is 30.9 Å². The number of halogens is 1. The second-order valence-corrected chi connectivity index (χ2v) is 10.7. The molecular weight excluding hydrogens is 441 g/mol. The molecule has 3 rings (SSSR count). The third kappa shape index (κ3) is 5.01. The molecule has 0 spiro atoms. The Labute approximate surface area is 187 Å². The van der Waals surface area contributed by atoms with Gasteiger partial charge in [0.25, 0.3) is 0 Å². The lowest BCUT2D eigenvalue weighted by Gasteiger charge is -2.38. The van der Waals surface area contributed by atoms with Gasteiger partial charge in [-0.15, -0.1) is 11.8 Å². The maximum absolute atomic E-state index is 13.5. The Kier molecular flexibility index (Phi) is 6.90. The van der Waals surface area contributed by atoms with Crippen molar-refractivity contribution < 1.29 is 28.1 Å². The fraction of sp³-hybridized carbons (Fsp3) is 0.318. The average Bonchev–Trinajstić information content (AvgIpc) is 2.83. The number of anilines is 2. The Morgan fingerprint density at radius 1 is 1.32 bits per heavy atom. The fourth-order valence-corrected chi connectivity index (χ4v) is 6.31. The van der Waals surface area contributed by atoms with Crippen molar-refractivity contribution in [2.24, 2.45) is 5.41 Å². The monoisotopic (exact) mass is 467 g/mol. The van der Waals surface area contributed by atoms with Crippen molar-refractivity contribution in [2.75, 3.05) is 23.5 Å². The number of aliphatic carboxylic acids is 1. The zero-order valence-corrected chi connectivity index (χ0v) is 19.2. The van der Waals surface area contributed by atoms with E-state index in [1.54, 1.807) is 6.07 Å². The Morgan fingerprint density at radius 2 is 2.00 bits per heavy atom. The van der Waals surface area contributed by atoms with Crippen LogP contribution in [0.5, 0.6) is 5.75 Å². The molecule has 2 aromatic rings. The number of carbonyl (C=O) groups is 1. The van der Waals surface area contributed by atoms with E-state index >= 15 is 0 Å². The van der Waals surface area contributed by atoms with Crippen LogP contribution in [0, 0.1) is 5.41 Å². The largest absolute Gasteiger partial charge is 0.476 e. The molecule has 168 valence electrons. The van der Waals surface area contributed by atoms with E-state index in [0.717, 1.165) is 12.1 Å². The summed E-state index contributed by atoms with van der Waals surface area (Å²) in [5.74, 6) is -2.85. The topological polar surface area (TPSA) is 90.2 Å². The summed E-state index contributed by atoms with van der Waals surface area (Å²) >= 11 is 1.33. The number of rotatable bonds is 6. The third-order valence-corrected chi connectivity index (χ3v) is 8.28. The Hall–Kier alpha value is -2.20. The molecule has 0 bridgehead atoms. The lowest BCUT2D eigenvalue weighted by Crippen LogP contribution is -2.34. The lowest BCUT2D eigenvalue weighted by atomic mass is 9.89. The van der Waals surface area contributed by atoms with Gasteiger partial charge in [0.15, 0.2) is 0 Å². The van der Waals surface area contributed by atoms with E-state index < -0.39 is 22.4 Å². The summed E-state index contributed by atoms with van der Waals surface area (Å²) in [4.78, 5) is 13.7. The van der Waals surface area contributed by atoms with Gasteiger partial charge in [0.05, 0.1) is 15.5 Å². The standard InChI is InChI=1S/C22H26FNO5S2/c1-4-22(2)13-24(15-8-6-5-7-9-15)17-10-19(30-3)18(29-12-16(23)21(25)26)11-20(17)31(27,28)14-22/h5-12,27-28H,4,13-14H2,1-3H3,(H,25,26)/b16-12-. The minimum atomic E-state index is -3.20. The number of thioether (sulfide) groups is 1. The molecule has 0 aliphatic carbocycles. The van der Waals surface area contributed by atoms with E-state index in [2.05, 4.69) is 4.90 Å². The lowest BCUT2D eigenvalue weighted by molar-refractivity contribution is -0.134. The van der Waals surface area contributed by atoms with E-state index in [4.69, 9.17) is 9.84 Å². The van der Waals surface area contributed by atoms with Crippen LogP contribution in [-0.2, 0) is 4.79 Å². The number of hydrogen-bond donors (Lipinski definition) is 3. The molecule has 1 heterocycles. The highest BCUT2D eigenvalue weighted by atomic mass is 32.3.